The van der Waals surface area contributed by atoms with Gasteiger partial charge in [0.15, 0.2) is 0 Å². The van der Waals surface area contributed by atoms with Gasteiger partial charge in [0.1, 0.15) is 9.84 Å². The summed E-state index contributed by atoms with van der Waals surface area (Å²) in [6.45, 7) is 0. The summed E-state index contributed by atoms with van der Waals surface area (Å²) in [5.74, 6) is 0.0523. The molecule has 0 saturated heterocycles. The van der Waals surface area contributed by atoms with Gasteiger partial charge in [-0.3, -0.25) is 0 Å². The van der Waals surface area contributed by atoms with Crippen molar-refractivity contribution in [1.82, 2.24) is 0 Å². The van der Waals surface area contributed by atoms with Crippen molar-refractivity contribution in [2.24, 2.45) is 5.92 Å². The third-order valence-electron chi connectivity index (χ3n) is 5.61. The van der Waals surface area contributed by atoms with E-state index in [-0.39, 0.29) is 11.2 Å². The Balaban J connectivity index is 2.11. The number of sulfone groups is 1. The normalized spacial score (nSPS) is 32.3. The maximum atomic E-state index is 11.8. The highest BCUT2D eigenvalue weighted by molar-refractivity contribution is 7.91. The number of aliphatic hydroxyl groups excluding tert-OH is 1. The first-order valence-electron chi connectivity index (χ1n) is 8.31. The topological polar surface area (TPSA) is 63.6 Å². The lowest BCUT2D eigenvalue weighted by atomic mass is 9.75. The number of methoxy groups -OCH3 is 1. The van der Waals surface area contributed by atoms with Crippen LogP contribution in [0.25, 0.3) is 0 Å². The summed E-state index contributed by atoms with van der Waals surface area (Å²) in [6.07, 6.45) is 10.3. The number of aliphatic hydroxyl groups is 1. The molecule has 0 amide bonds. The standard InChI is InChI=1S/C16H30O4S/c1-20-16(10-5-3-4-6-11-16)15(17)13-8-7-9-14(12-13)21(2,18)19/h13-15,17H,3-12H2,1-2H3. The first-order chi connectivity index (χ1) is 9.89. The molecule has 2 fully saturated rings. The SMILES string of the molecule is COC1(C(O)C2CCCC(S(C)(=O)=O)C2)CCCCCC1. The molecule has 124 valence electrons. The van der Waals surface area contributed by atoms with Crippen LogP contribution in [0, 0.1) is 5.92 Å². The number of hydrogen-bond donors (Lipinski definition) is 1. The molecule has 0 spiro atoms. The Morgan fingerprint density at radius 3 is 2.24 bits per heavy atom. The van der Waals surface area contributed by atoms with E-state index in [1.807, 2.05) is 0 Å². The minimum Gasteiger partial charge on any atom is -0.390 e. The number of rotatable bonds is 4. The van der Waals surface area contributed by atoms with Crippen molar-refractivity contribution in [3.63, 3.8) is 0 Å². The van der Waals surface area contributed by atoms with E-state index in [0.717, 1.165) is 44.9 Å². The monoisotopic (exact) mass is 318 g/mol. The number of ether oxygens (including phenoxy) is 1. The van der Waals surface area contributed by atoms with E-state index in [1.165, 1.54) is 19.1 Å². The lowest BCUT2D eigenvalue weighted by Gasteiger charge is -2.42. The van der Waals surface area contributed by atoms with Gasteiger partial charge in [0.2, 0.25) is 0 Å². The average Bonchev–Trinajstić information content (AvgIpc) is 2.72. The van der Waals surface area contributed by atoms with Crippen LogP contribution in [0.5, 0.6) is 0 Å². The Kier molecular flexibility index (Phi) is 5.71. The molecule has 0 radical (unpaired) electrons. The lowest BCUT2D eigenvalue weighted by molar-refractivity contribution is -0.136. The zero-order chi connectivity index (χ0) is 15.5. The Bertz CT molecular complexity index is 424. The van der Waals surface area contributed by atoms with Gasteiger partial charge in [-0.1, -0.05) is 32.1 Å². The van der Waals surface area contributed by atoms with E-state index in [9.17, 15) is 13.5 Å². The molecule has 1 N–H and O–H groups in total. The van der Waals surface area contributed by atoms with Gasteiger partial charge in [-0.2, -0.15) is 0 Å². The van der Waals surface area contributed by atoms with Crippen LogP contribution in [-0.2, 0) is 14.6 Å². The van der Waals surface area contributed by atoms with Crippen LogP contribution in [0.15, 0.2) is 0 Å². The maximum Gasteiger partial charge on any atom is 0.150 e. The largest absolute Gasteiger partial charge is 0.390 e. The van der Waals surface area contributed by atoms with Gasteiger partial charge in [-0.05, 0) is 38.0 Å². The van der Waals surface area contributed by atoms with Gasteiger partial charge < -0.3 is 9.84 Å². The second-order valence-electron chi connectivity index (χ2n) is 7.01. The summed E-state index contributed by atoms with van der Waals surface area (Å²) in [5.41, 5.74) is -0.458. The van der Waals surface area contributed by atoms with Crippen LogP contribution in [0.3, 0.4) is 0 Å². The number of hydrogen-bond acceptors (Lipinski definition) is 4. The predicted molar refractivity (Wildman–Crippen MR) is 84.0 cm³/mol. The van der Waals surface area contributed by atoms with Gasteiger partial charge in [-0.15, -0.1) is 0 Å². The Labute approximate surface area is 129 Å². The van der Waals surface area contributed by atoms with E-state index >= 15 is 0 Å². The zero-order valence-corrected chi connectivity index (χ0v) is 14.2. The molecule has 21 heavy (non-hydrogen) atoms. The molecule has 0 aliphatic heterocycles. The quantitative estimate of drug-likeness (QED) is 0.810. The molecule has 2 aliphatic carbocycles. The average molecular weight is 318 g/mol. The van der Waals surface area contributed by atoms with Crippen LogP contribution in [0.4, 0.5) is 0 Å². The molecule has 3 unspecified atom stereocenters. The summed E-state index contributed by atoms with van der Waals surface area (Å²) < 4.78 is 29.4. The van der Waals surface area contributed by atoms with Crippen LogP contribution in [0.2, 0.25) is 0 Å². The van der Waals surface area contributed by atoms with Crippen LogP contribution < -0.4 is 0 Å². The van der Waals surface area contributed by atoms with Crippen molar-refractivity contribution in [2.45, 2.75) is 81.2 Å². The molecule has 0 bridgehead atoms. The van der Waals surface area contributed by atoms with Crippen LogP contribution in [-0.4, -0.2) is 43.8 Å². The minimum absolute atomic E-state index is 0.0523. The highest BCUT2D eigenvalue weighted by Crippen LogP contribution is 2.40. The summed E-state index contributed by atoms with van der Waals surface area (Å²) in [6, 6.07) is 0. The molecule has 2 rings (SSSR count). The van der Waals surface area contributed by atoms with E-state index < -0.39 is 21.5 Å². The molecule has 2 aliphatic rings. The molecule has 3 atom stereocenters. The van der Waals surface area contributed by atoms with Gasteiger partial charge >= 0.3 is 0 Å². The Hall–Kier alpha value is -0.130. The fraction of sp³-hybridized carbons (Fsp3) is 1.00. The third kappa shape index (κ3) is 3.99. The van der Waals surface area contributed by atoms with Gasteiger partial charge in [0, 0.05) is 13.4 Å². The molecule has 0 aromatic rings. The highest BCUT2D eigenvalue weighted by atomic mass is 32.2. The molecule has 0 heterocycles. The van der Waals surface area contributed by atoms with Crippen molar-refractivity contribution >= 4 is 9.84 Å². The third-order valence-corrected chi connectivity index (χ3v) is 7.25. The van der Waals surface area contributed by atoms with E-state index in [0.29, 0.717) is 6.42 Å². The van der Waals surface area contributed by atoms with E-state index in [4.69, 9.17) is 4.74 Å². The summed E-state index contributed by atoms with van der Waals surface area (Å²) in [5, 5.41) is 10.7. The van der Waals surface area contributed by atoms with Crippen LogP contribution in [0.1, 0.15) is 64.2 Å². The Morgan fingerprint density at radius 1 is 1.10 bits per heavy atom. The second-order valence-corrected chi connectivity index (χ2v) is 9.33. The first kappa shape index (κ1) is 17.2. The second kappa shape index (κ2) is 6.97. The lowest BCUT2D eigenvalue weighted by Crippen LogP contribution is -2.49. The molecule has 5 heteroatoms. The van der Waals surface area contributed by atoms with Crippen molar-refractivity contribution in [3.05, 3.63) is 0 Å². The summed E-state index contributed by atoms with van der Waals surface area (Å²) in [7, 11) is -1.31. The molecular weight excluding hydrogens is 288 g/mol. The fourth-order valence-corrected chi connectivity index (χ4v) is 5.43. The van der Waals surface area contributed by atoms with Crippen LogP contribution >= 0.6 is 0 Å². The van der Waals surface area contributed by atoms with Crippen molar-refractivity contribution in [2.75, 3.05) is 13.4 Å². The molecular formula is C16H30O4S. The maximum absolute atomic E-state index is 11.8. The fourth-order valence-electron chi connectivity index (χ4n) is 4.23. The van der Waals surface area contributed by atoms with Gasteiger partial charge in [-0.25, -0.2) is 8.42 Å². The van der Waals surface area contributed by atoms with Crippen molar-refractivity contribution in [1.29, 1.82) is 0 Å². The van der Waals surface area contributed by atoms with E-state index in [1.54, 1.807) is 7.11 Å². The van der Waals surface area contributed by atoms with E-state index in [2.05, 4.69) is 0 Å². The first-order valence-corrected chi connectivity index (χ1v) is 10.3. The molecule has 0 aromatic heterocycles. The molecule has 0 aromatic carbocycles. The Morgan fingerprint density at radius 2 is 1.71 bits per heavy atom. The summed E-state index contributed by atoms with van der Waals surface area (Å²) in [4.78, 5) is 0. The minimum atomic E-state index is -3.01. The smallest absolute Gasteiger partial charge is 0.150 e. The van der Waals surface area contributed by atoms with Crippen molar-refractivity contribution < 1.29 is 18.3 Å². The molecule has 2 saturated carbocycles. The van der Waals surface area contributed by atoms with Gasteiger partial charge in [0.05, 0.1) is 17.0 Å². The van der Waals surface area contributed by atoms with Gasteiger partial charge in [0.25, 0.3) is 0 Å². The molecule has 4 nitrogen and oxygen atoms in total. The summed E-state index contributed by atoms with van der Waals surface area (Å²) >= 11 is 0. The predicted octanol–water partition coefficient (Wildman–Crippen LogP) is 2.69. The zero-order valence-electron chi connectivity index (χ0n) is 13.4. The highest BCUT2D eigenvalue weighted by Gasteiger charge is 2.44. The van der Waals surface area contributed by atoms with Crippen molar-refractivity contribution in [3.8, 4) is 0 Å².